The normalized spacial score (nSPS) is 11.1. The molecule has 0 aliphatic rings. The predicted molar refractivity (Wildman–Crippen MR) is 71.2 cm³/mol. The first-order chi connectivity index (χ1) is 8.68. The summed E-state index contributed by atoms with van der Waals surface area (Å²) in [6, 6.07) is 13.6. The SMILES string of the molecule is Cn1c2ccccc2c2cccc(OB(O)O)c21. The first-order valence-electron chi connectivity index (χ1n) is 5.67. The molecule has 18 heavy (non-hydrogen) atoms. The third-order valence-electron chi connectivity index (χ3n) is 3.12. The Kier molecular flexibility index (Phi) is 2.50. The predicted octanol–water partition coefficient (Wildman–Crippen LogP) is 1.68. The average molecular weight is 241 g/mol. The summed E-state index contributed by atoms with van der Waals surface area (Å²) in [5.74, 6) is 0.459. The first kappa shape index (κ1) is 11.1. The number of aromatic nitrogens is 1. The summed E-state index contributed by atoms with van der Waals surface area (Å²) in [4.78, 5) is 0. The molecule has 0 saturated carbocycles. The maximum absolute atomic E-state index is 8.96. The van der Waals surface area contributed by atoms with Gasteiger partial charge in [0.2, 0.25) is 0 Å². The minimum atomic E-state index is -1.81. The molecule has 0 amide bonds. The van der Waals surface area contributed by atoms with Crippen molar-refractivity contribution in [3.63, 3.8) is 0 Å². The van der Waals surface area contributed by atoms with Crippen molar-refractivity contribution in [1.29, 1.82) is 0 Å². The van der Waals surface area contributed by atoms with E-state index in [0.717, 1.165) is 21.8 Å². The highest BCUT2D eigenvalue weighted by atomic mass is 16.6. The van der Waals surface area contributed by atoms with Gasteiger partial charge in [0.1, 0.15) is 5.75 Å². The summed E-state index contributed by atoms with van der Waals surface area (Å²) in [5.41, 5.74) is 1.93. The van der Waals surface area contributed by atoms with Crippen molar-refractivity contribution in [3.8, 4) is 5.75 Å². The average Bonchev–Trinajstić information content (AvgIpc) is 2.65. The number of nitrogens with zero attached hydrogens (tertiary/aromatic N) is 1. The minimum Gasteiger partial charge on any atom is -0.510 e. The second-order valence-corrected chi connectivity index (χ2v) is 4.17. The molecular formula is C13H12BNO3. The lowest BCUT2D eigenvalue weighted by Gasteiger charge is -2.07. The van der Waals surface area contributed by atoms with Crippen LogP contribution in [0.3, 0.4) is 0 Å². The number of benzene rings is 2. The number of rotatable bonds is 2. The molecule has 2 aromatic carbocycles. The van der Waals surface area contributed by atoms with Gasteiger partial charge in [0, 0.05) is 23.3 Å². The third-order valence-corrected chi connectivity index (χ3v) is 3.12. The van der Waals surface area contributed by atoms with Gasteiger partial charge in [-0.15, -0.1) is 0 Å². The lowest BCUT2D eigenvalue weighted by molar-refractivity contribution is 0.289. The molecule has 0 aliphatic carbocycles. The molecule has 90 valence electrons. The quantitative estimate of drug-likeness (QED) is 0.671. The highest BCUT2D eigenvalue weighted by Crippen LogP contribution is 2.33. The van der Waals surface area contributed by atoms with Crippen LogP contribution in [0.4, 0.5) is 0 Å². The Hall–Kier alpha value is -1.98. The van der Waals surface area contributed by atoms with E-state index in [1.807, 2.05) is 48.0 Å². The van der Waals surface area contributed by atoms with Crippen molar-refractivity contribution in [2.75, 3.05) is 0 Å². The molecule has 0 aliphatic heterocycles. The molecule has 3 aromatic rings. The summed E-state index contributed by atoms with van der Waals surface area (Å²) in [7, 11) is 0.120. The summed E-state index contributed by atoms with van der Waals surface area (Å²) < 4.78 is 7.02. The van der Waals surface area contributed by atoms with Gasteiger partial charge in [0.05, 0.1) is 5.52 Å². The Balaban J connectivity index is 2.40. The Morgan fingerprint density at radius 3 is 2.50 bits per heavy atom. The molecular weight excluding hydrogens is 229 g/mol. The maximum Gasteiger partial charge on any atom is 0.707 e. The minimum absolute atomic E-state index is 0.459. The van der Waals surface area contributed by atoms with Crippen LogP contribution in [0.1, 0.15) is 0 Å². The van der Waals surface area contributed by atoms with Gasteiger partial charge in [0.15, 0.2) is 0 Å². The zero-order valence-electron chi connectivity index (χ0n) is 9.87. The fourth-order valence-corrected chi connectivity index (χ4v) is 2.41. The molecule has 0 spiro atoms. The summed E-state index contributed by atoms with van der Waals surface area (Å²) in [6.07, 6.45) is 0. The largest absolute Gasteiger partial charge is 0.707 e. The lowest BCUT2D eigenvalue weighted by Crippen LogP contribution is -2.20. The van der Waals surface area contributed by atoms with Crippen LogP contribution in [0.25, 0.3) is 21.8 Å². The Morgan fingerprint density at radius 2 is 1.72 bits per heavy atom. The molecule has 3 rings (SSSR count). The van der Waals surface area contributed by atoms with Crippen LogP contribution < -0.4 is 4.65 Å². The summed E-state index contributed by atoms with van der Waals surface area (Å²) in [6.45, 7) is 0. The highest BCUT2D eigenvalue weighted by Gasteiger charge is 2.17. The van der Waals surface area contributed by atoms with Crippen LogP contribution in [-0.2, 0) is 7.05 Å². The van der Waals surface area contributed by atoms with Crippen molar-refractivity contribution >= 4 is 29.1 Å². The summed E-state index contributed by atoms with van der Waals surface area (Å²) >= 11 is 0. The third kappa shape index (κ3) is 1.56. The molecule has 0 radical (unpaired) electrons. The van der Waals surface area contributed by atoms with Crippen LogP contribution in [-0.4, -0.2) is 21.9 Å². The van der Waals surface area contributed by atoms with Gasteiger partial charge in [-0.25, -0.2) is 0 Å². The fraction of sp³-hybridized carbons (Fsp3) is 0.0769. The van der Waals surface area contributed by atoms with E-state index in [0.29, 0.717) is 5.75 Å². The molecule has 0 atom stereocenters. The highest BCUT2D eigenvalue weighted by molar-refractivity contribution is 6.34. The van der Waals surface area contributed by atoms with Gasteiger partial charge in [0.25, 0.3) is 0 Å². The molecule has 0 bridgehead atoms. The monoisotopic (exact) mass is 241 g/mol. The number of hydrogen-bond donors (Lipinski definition) is 2. The van der Waals surface area contributed by atoms with Crippen LogP contribution in [0, 0.1) is 0 Å². The molecule has 1 aromatic heterocycles. The van der Waals surface area contributed by atoms with Crippen LogP contribution in [0.15, 0.2) is 42.5 Å². The molecule has 0 fully saturated rings. The van der Waals surface area contributed by atoms with E-state index >= 15 is 0 Å². The molecule has 5 heteroatoms. The van der Waals surface area contributed by atoms with Gasteiger partial charge in [-0.1, -0.05) is 30.3 Å². The van der Waals surface area contributed by atoms with Crippen molar-refractivity contribution in [2.45, 2.75) is 0 Å². The van der Waals surface area contributed by atoms with Gasteiger partial charge in [-0.2, -0.15) is 0 Å². The van der Waals surface area contributed by atoms with Gasteiger partial charge in [-0.3, -0.25) is 0 Å². The Labute approximate surface area is 104 Å². The maximum atomic E-state index is 8.96. The van der Waals surface area contributed by atoms with Crippen molar-refractivity contribution in [2.24, 2.45) is 7.05 Å². The molecule has 4 nitrogen and oxygen atoms in total. The van der Waals surface area contributed by atoms with E-state index in [1.54, 1.807) is 6.07 Å². The van der Waals surface area contributed by atoms with Crippen molar-refractivity contribution in [3.05, 3.63) is 42.5 Å². The van der Waals surface area contributed by atoms with Gasteiger partial charge >= 0.3 is 7.32 Å². The second kappa shape index (κ2) is 4.05. The summed E-state index contributed by atoms with van der Waals surface area (Å²) in [5, 5.41) is 20.1. The van der Waals surface area contributed by atoms with E-state index in [1.165, 1.54) is 0 Å². The van der Waals surface area contributed by atoms with Gasteiger partial charge in [-0.05, 0) is 12.1 Å². The number of aryl methyl sites for hydroxylation is 1. The van der Waals surface area contributed by atoms with E-state index in [2.05, 4.69) is 0 Å². The van der Waals surface area contributed by atoms with E-state index in [-0.39, 0.29) is 0 Å². The van der Waals surface area contributed by atoms with Crippen LogP contribution >= 0.6 is 0 Å². The number of hydrogen-bond acceptors (Lipinski definition) is 3. The molecule has 2 N–H and O–H groups in total. The van der Waals surface area contributed by atoms with E-state index in [4.69, 9.17) is 14.7 Å². The molecule has 0 saturated heterocycles. The zero-order valence-corrected chi connectivity index (χ0v) is 9.87. The molecule has 1 heterocycles. The standard InChI is InChI=1S/C13H12BNO3/c1-15-11-7-3-2-5-9(11)10-6-4-8-12(13(10)15)18-14(16)17/h2-8,16-17H,1H3. The molecule has 0 unspecified atom stereocenters. The number of fused-ring (bicyclic) bond motifs is 3. The van der Waals surface area contributed by atoms with Crippen LogP contribution in [0.2, 0.25) is 0 Å². The van der Waals surface area contributed by atoms with Gasteiger partial charge < -0.3 is 19.3 Å². The smallest absolute Gasteiger partial charge is 0.510 e. The van der Waals surface area contributed by atoms with Crippen LogP contribution in [0.5, 0.6) is 5.75 Å². The topological polar surface area (TPSA) is 54.6 Å². The zero-order chi connectivity index (χ0) is 12.7. The lowest BCUT2D eigenvalue weighted by atomic mass is 10.1. The van der Waals surface area contributed by atoms with Crippen molar-refractivity contribution < 1.29 is 14.7 Å². The Bertz CT molecular complexity index is 721. The first-order valence-corrected chi connectivity index (χ1v) is 5.67. The number of para-hydroxylation sites is 2. The fourth-order valence-electron chi connectivity index (χ4n) is 2.41. The van der Waals surface area contributed by atoms with E-state index < -0.39 is 7.32 Å². The second-order valence-electron chi connectivity index (χ2n) is 4.17. The van der Waals surface area contributed by atoms with E-state index in [9.17, 15) is 0 Å². The van der Waals surface area contributed by atoms with Crippen molar-refractivity contribution in [1.82, 2.24) is 4.57 Å². The Morgan fingerprint density at radius 1 is 1.00 bits per heavy atom.